The fourth-order valence-corrected chi connectivity index (χ4v) is 3.68. The van der Waals surface area contributed by atoms with Crippen molar-refractivity contribution in [3.05, 3.63) is 60.2 Å². The Morgan fingerprint density at radius 3 is 1.37 bits per heavy atom. The van der Waals surface area contributed by atoms with Crippen LogP contribution in [-0.2, 0) is 34.1 Å². The minimum absolute atomic E-state index is 0.00276. The van der Waals surface area contributed by atoms with E-state index in [2.05, 4.69) is 9.97 Å². The molecule has 0 aromatic carbocycles. The first-order valence-corrected chi connectivity index (χ1v) is 9.53. The van der Waals surface area contributed by atoms with Crippen molar-refractivity contribution in [1.29, 1.82) is 0 Å². The van der Waals surface area contributed by atoms with E-state index in [9.17, 15) is 19.2 Å². The molecule has 0 aliphatic rings. The van der Waals surface area contributed by atoms with E-state index in [1.54, 1.807) is 24.3 Å². The van der Waals surface area contributed by atoms with Crippen molar-refractivity contribution in [2.24, 2.45) is 0 Å². The number of ketones is 4. The van der Waals surface area contributed by atoms with Gasteiger partial charge in [-0.05, 0) is 0 Å². The summed E-state index contributed by atoms with van der Waals surface area (Å²) in [6.07, 6.45) is 6.11. The van der Waals surface area contributed by atoms with E-state index in [1.165, 1.54) is 53.6 Å². The van der Waals surface area contributed by atoms with Crippen molar-refractivity contribution in [3.63, 3.8) is 0 Å². The molecule has 0 saturated carbocycles. The van der Waals surface area contributed by atoms with Gasteiger partial charge in [-0.15, -0.1) is 0 Å². The number of carbonyl (C=O) groups is 4. The molecule has 7 heteroatoms. The number of Topliss-reactive ketones (excluding diaryl/α,β-unsaturated/α-hetero) is 4. The molecule has 0 bridgehead atoms. The number of aromatic nitrogens is 2. The summed E-state index contributed by atoms with van der Waals surface area (Å²) in [5, 5.41) is 0.00551. The summed E-state index contributed by atoms with van der Waals surface area (Å²) in [4.78, 5) is 56.5. The monoisotopic (exact) mass is 415 g/mol. The van der Waals surface area contributed by atoms with Crippen LogP contribution in [0, 0.1) is 0 Å². The summed E-state index contributed by atoms with van der Waals surface area (Å²) in [7, 11) is 0. The third-order valence-corrected chi connectivity index (χ3v) is 5.02. The third kappa shape index (κ3) is 5.74. The van der Waals surface area contributed by atoms with Gasteiger partial charge in [-0.1, -0.05) is 0 Å². The zero-order valence-electron chi connectivity index (χ0n) is 15.0. The number of rotatable bonds is 10. The first-order valence-electron chi connectivity index (χ1n) is 8.20. The molecule has 2 unspecified atom stereocenters. The fraction of sp³-hybridized carbons (Fsp3) is 0.300. The second kappa shape index (κ2) is 9.99. The second-order valence-corrected chi connectivity index (χ2v) is 7.08. The van der Waals surface area contributed by atoms with Gasteiger partial charge < -0.3 is 0 Å². The van der Waals surface area contributed by atoms with Crippen LogP contribution >= 0.6 is 0 Å². The maximum atomic E-state index is 12.5. The quantitative estimate of drug-likeness (QED) is 0.437. The van der Waals surface area contributed by atoms with E-state index in [0.29, 0.717) is 11.1 Å². The Bertz CT molecular complexity index is 755. The summed E-state index contributed by atoms with van der Waals surface area (Å²) in [6.45, 7) is 2.74. The molecule has 6 nitrogen and oxygen atoms in total. The van der Waals surface area contributed by atoms with Crippen LogP contribution in [0.3, 0.4) is 0 Å². The molecule has 0 aliphatic heterocycles. The second-order valence-electron chi connectivity index (χ2n) is 5.95. The Labute approximate surface area is 164 Å². The van der Waals surface area contributed by atoms with E-state index in [1.807, 2.05) is 0 Å². The minimum atomic E-state index is -0.864. The first-order chi connectivity index (χ1) is 12.9. The molecule has 0 spiro atoms. The Morgan fingerprint density at radius 1 is 0.741 bits per heavy atom. The predicted octanol–water partition coefficient (Wildman–Crippen LogP) is 2.58. The number of carbonyl (C=O) groups excluding carboxylic acids is 4. The van der Waals surface area contributed by atoms with Gasteiger partial charge in [0, 0.05) is 0 Å². The van der Waals surface area contributed by atoms with Crippen LogP contribution in [-0.4, -0.2) is 33.1 Å². The van der Waals surface area contributed by atoms with Crippen molar-refractivity contribution in [2.45, 2.75) is 36.3 Å². The van der Waals surface area contributed by atoms with Gasteiger partial charge in [0.25, 0.3) is 0 Å². The Balaban J connectivity index is 1.99. The van der Waals surface area contributed by atoms with Gasteiger partial charge >= 0.3 is 164 Å². The van der Waals surface area contributed by atoms with E-state index in [0.717, 1.165) is 0 Å². The van der Waals surface area contributed by atoms with Crippen LogP contribution in [0.15, 0.2) is 49.1 Å². The summed E-state index contributed by atoms with van der Waals surface area (Å²) in [5.41, 5.74) is 1.18. The molecule has 145 valence electrons. The molecular weight excluding hydrogens is 396 g/mol. The normalized spacial score (nSPS) is 13.0. The molecule has 0 N–H and O–H groups in total. The van der Waals surface area contributed by atoms with Crippen LogP contribution in [0.25, 0.3) is 0 Å². The Hall–Kier alpha value is -2.50. The Kier molecular flexibility index (Phi) is 7.70. The number of nitrogens with zero attached hydrogens (tertiary/aromatic N) is 2. The van der Waals surface area contributed by atoms with E-state index in [4.69, 9.17) is 0 Å². The van der Waals surface area contributed by atoms with Gasteiger partial charge in [-0.2, -0.15) is 0 Å². The van der Waals surface area contributed by atoms with Gasteiger partial charge in [0.2, 0.25) is 0 Å². The molecular formula is C20H20CuN2O4. The van der Waals surface area contributed by atoms with Crippen LogP contribution in [0.4, 0.5) is 0 Å². The zero-order valence-corrected chi connectivity index (χ0v) is 16.0. The molecule has 2 atom stereocenters. The average Bonchev–Trinajstić information content (AvgIpc) is 2.63. The standard InChI is InChI=1S/2C10H10NO2.Cu/c2*1-7(12)10(8(2)13)9-3-5-11-6-4-9;/h2*3-6,10H,1H2,2H3;. The maximum absolute atomic E-state index is 12.5. The van der Waals surface area contributed by atoms with E-state index in [-0.39, 0.29) is 33.8 Å². The molecule has 2 heterocycles. The van der Waals surface area contributed by atoms with Crippen molar-refractivity contribution in [1.82, 2.24) is 9.97 Å². The van der Waals surface area contributed by atoms with Gasteiger partial charge in [-0.3, -0.25) is 0 Å². The van der Waals surface area contributed by atoms with Crippen molar-refractivity contribution in [2.75, 3.05) is 0 Å². The number of pyridine rings is 2. The van der Waals surface area contributed by atoms with Crippen molar-refractivity contribution >= 4 is 23.1 Å². The van der Waals surface area contributed by atoms with E-state index < -0.39 is 11.8 Å². The average molecular weight is 416 g/mol. The van der Waals surface area contributed by atoms with Gasteiger partial charge in [-0.25, -0.2) is 0 Å². The number of hydrogen-bond acceptors (Lipinski definition) is 6. The SMILES string of the molecule is CC(=O)C(C(=O)[CH2][Cu][CH2]C(=O)C(C(C)=O)c1ccncc1)c1ccncc1. The summed E-state index contributed by atoms with van der Waals surface area (Å²) in [5.74, 6) is -2.78. The zero-order chi connectivity index (χ0) is 19.8. The van der Waals surface area contributed by atoms with E-state index >= 15 is 0 Å². The van der Waals surface area contributed by atoms with Gasteiger partial charge in [0.15, 0.2) is 0 Å². The van der Waals surface area contributed by atoms with Crippen molar-refractivity contribution < 1.29 is 34.1 Å². The molecule has 0 fully saturated rings. The molecule has 0 aliphatic carbocycles. The molecule has 2 rings (SSSR count). The molecule has 2 aromatic heterocycles. The molecule has 27 heavy (non-hydrogen) atoms. The molecule has 2 aromatic rings. The van der Waals surface area contributed by atoms with Crippen LogP contribution in [0.2, 0.25) is 10.6 Å². The molecule has 0 saturated heterocycles. The van der Waals surface area contributed by atoms with Gasteiger partial charge in [0.1, 0.15) is 0 Å². The molecule has 0 radical (unpaired) electrons. The van der Waals surface area contributed by atoms with Crippen LogP contribution in [0.5, 0.6) is 0 Å². The van der Waals surface area contributed by atoms with Crippen LogP contribution in [0.1, 0.15) is 36.8 Å². The summed E-state index contributed by atoms with van der Waals surface area (Å²) in [6, 6.07) is 6.53. The third-order valence-electron chi connectivity index (χ3n) is 3.90. The van der Waals surface area contributed by atoms with Gasteiger partial charge in [0.05, 0.1) is 0 Å². The summed E-state index contributed by atoms with van der Waals surface area (Å²) < 4.78 is 0. The summed E-state index contributed by atoms with van der Waals surface area (Å²) >= 11 is 1.22. The van der Waals surface area contributed by atoms with Crippen molar-refractivity contribution in [3.8, 4) is 0 Å². The predicted molar refractivity (Wildman–Crippen MR) is 94.9 cm³/mol. The fourth-order valence-electron chi connectivity index (χ4n) is 2.72. The topological polar surface area (TPSA) is 94.1 Å². The Morgan fingerprint density at radius 2 is 1.07 bits per heavy atom. The van der Waals surface area contributed by atoms with Crippen LogP contribution < -0.4 is 0 Å². The first kappa shape index (κ1) is 20.8. The number of hydrogen-bond donors (Lipinski definition) is 0. The molecule has 0 amide bonds.